The lowest BCUT2D eigenvalue weighted by Crippen LogP contribution is -2.25. The van der Waals surface area contributed by atoms with E-state index in [1.54, 1.807) is 36.4 Å². The van der Waals surface area contributed by atoms with Crippen LogP contribution in [0.1, 0.15) is 38.8 Å². The number of halogens is 1. The molecule has 0 bridgehead atoms. The van der Waals surface area contributed by atoms with Crippen LogP contribution in [0.25, 0.3) is 0 Å². The lowest BCUT2D eigenvalue weighted by atomic mass is 10.1. The number of Topliss-reactive ketones (excluding diaryl/α,β-unsaturated/α-hetero) is 1. The van der Waals surface area contributed by atoms with Crippen LogP contribution in [0.4, 0.5) is 10.1 Å². The molecule has 0 aromatic heterocycles. The third-order valence-electron chi connectivity index (χ3n) is 4.81. The van der Waals surface area contributed by atoms with Gasteiger partial charge in [0.05, 0.1) is 16.1 Å². The Hall–Kier alpha value is -3.52. The third-order valence-corrected chi connectivity index (χ3v) is 6.33. The van der Waals surface area contributed by atoms with E-state index in [0.717, 1.165) is 23.8 Å². The standard InChI is InChI=1S/C24H22FNO5S/c1-15-8-10-18(11-9-15)23(27)17(3)31-24(28)20-6-4-5-7-21(20)26-32(29,30)22-13-12-19(25)14-16(22)2/h4-14,17,26H,1-3H3/t17-/m0/s1. The lowest BCUT2D eigenvalue weighted by Gasteiger charge is -2.16. The number of sulfonamides is 1. The summed E-state index contributed by atoms with van der Waals surface area (Å²) in [6, 6.07) is 16.0. The number of rotatable bonds is 7. The summed E-state index contributed by atoms with van der Waals surface area (Å²) in [5.74, 6) is -1.79. The highest BCUT2D eigenvalue weighted by molar-refractivity contribution is 7.92. The van der Waals surface area contributed by atoms with E-state index in [-0.39, 0.29) is 27.5 Å². The minimum Gasteiger partial charge on any atom is -0.451 e. The summed E-state index contributed by atoms with van der Waals surface area (Å²) >= 11 is 0. The van der Waals surface area contributed by atoms with E-state index in [0.29, 0.717) is 5.56 Å². The van der Waals surface area contributed by atoms with Gasteiger partial charge >= 0.3 is 5.97 Å². The number of benzene rings is 3. The van der Waals surface area contributed by atoms with Gasteiger partial charge in [-0.25, -0.2) is 17.6 Å². The number of anilines is 1. The highest BCUT2D eigenvalue weighted by Crippen LogP contribution is 2.24. The fourth-order valence-corrected chi connectivity index (χ4v) is 4.40. The summed E-state index contributed by atoms with van der Waals surface area (Å²) in [5.41, 5.74) is 1.53. The third kappa shape index (κ3) is 5.20. The van der Waals surface area contributed by atoms with Crippen molar-refractivity contribution in [2.45, 2.75) is 31.8 Å². The molecule has 6 nitrogen and oxygen atoms in total. The van der Waals surface area contributed by atoms with Crippen molar-refractivity contribution in [3.63, 3.8) is 0 Å². The van der Waals surface area contributed by atoms with Crippen LogP contribution in [-0.2, 0) is 14.8 Å². The number of carbonyl (C=O) groups excluding carboxylic acids is 2. The molecule has 3 rings (SSSR count). The van der Waals surface area contributed by atoms with Crippen molar-refractivity contribution >= 4 is 27.5 Å². The first kappa shape index (κ1) is 23.1. The van der Waals surface area contributed by atoms with E-state index >= 15 is 0 Å². The average molecular weight is 456 g/mol. The zero-order valence-electron chi connectivity index (χ0n) is 17.8. The molecule has 3 aromatic rings. The first-order valence-electron chi connectivity index (χ1n) is 9.78. The van der Waals surface area contributed by atoms with E-state index in [9.17, 15) is 22.4 Å². The molecule has 0 aliphatic heterocycles. The Kier molecular flexibility index (Phi) is 6.74. The number of esters is 1. The van der Waals surface area contributed by atoms with Crippen LogP contribution in [0.3, 0.4) is 0 Å². The first-order valence-corrected chi connectivity index (χ1v) is 11.3. The van der Waals surface area contributed by atoms with Crippen LogP contribution in [0.5, 0.6) is 0 Å². The molecule has 0 amide bonds. The highest BCUT2D eigenvalue weighted by Gasteiger charge is 2.24. The molecule has 32 heavy (non-hydrogen) atoms. The molecule has 0 fully saturated rings. The van der Waals surface area contributed by atoms with E-state index in [4.69, 9.17) is 4.74 Å². The van der Waals surface area contributed by atoms with Crippen LogP contribution >= 0.6 is 0 Å². The summed E-state index contributed by atoms with van der Waals surface area (Å²) in [7, 11) is -4.10. The summed E-state index contributed by atoms with van der Waals surface area (Å²) in [6.45, 7) is 4.81. The molecule has 0 saturated heterocycles. The predicted octanol–water partition coefficient (Wildman–Crippen LogP) is 4.67. The second-order valence-electron chi connectivity index (χ2n) is 7.34. The smallest absolute Gasteiger partial charge is 0.340 e. The Morgan fingerprint density at radius 3 is 2.28 bits per heavy atom. The molecule has 0 spiro atoms. The molecule has 0 unspecified atom stereocenters. The van der Waals surface area contributed by atoms with Crippen molar-refractivity contribution in [3.05, 3.63) is 94.8 Å². The molecule has 8 heteroatoms. The maximum atomic E-state index is 13.4. The number of aryl methyl sites for hydroxylation is 2. The van der Waals surface area contributed by atoms with E-state index in [1.807, 2.05) is 6.92 Å². The molecular formula is C24H22FNO5S. The number of carbonyl (C=O) groups is 2. The molecular weight excluding hydrogens is 433 g/mol. The molecule has 0 radical (unpaired) electrons. The van der Waals surface area contributed by atoms with Crippen LogP contribution in [0, 0.1) is 19.7 Å². The highest BCUT2D eigenvalue weighted by atomic mass is 32.2. The number of ether oxygens (including phenoxy) is 1. The van der Waals surface area contributed by atoms with Gasteiger partial charge in [-0.05, 0) is 56.7 Å². The fourth-order valence-electron chi connectivity index (χ4n) is 3.09. The second-order valence-corrected chi connectivity index (χ2v) is 8.99. The lowest BCUT2D eigenvalue weighted by molar-refractivity contribution is 0.0320. The molecule has 0 heterocycles. The molecule has 0 aliphatic rings. The van der Waals surface area contributed by atoms with E-state index in [2.05, 4.69) is 4.72 Å². The maximum Gasteiger partial charge on any atom is 0.340 e. The minimum atomic E-state index is -4.10. The average Bonchev–Trinajstić information content (AvgIpc) is 2.73. The number of nitrogens with one attached hydrogen (secondary N) is 1. The minimum absolute atomic E-state index is 0.0174. The van der Waals surface area contributed by atoms with Gasteiger partial charge in [-0.1, -0.05) is 42.0 Å². The topological polar surface area (TPSA) is 89.5 Å². The maximum absolute atomic E-state index is 13.4. The van der Waals surface area contributed by atoms with Crippen molar-refractivity contribution in [1.82, 2.24) is 0 Å². The number of hydrogen-bond acceptors (Lipinski definition) is 5. The molecule has 1 N–H and O–H groups in total. The molecule has 0 saturated carbocycles. The van der Waals surface area contributed by atoms with Gasteiger partial charge in [-0.15, -0.1) is 0 Å². The summed E-state index contributed by atoms with van der Waals surface area (Å²) in [4.78, 5) is 25.2. The molecule has 0 aliphatic carbocycles. The zero-order valence-corrected chi connectivity index (χ0v) is 18.6. The quantitative estimate of drug-likeness (QED) is 0.413. The Morgan fingerprint density at radius 1 is 0.969 bits per heavy atom. The monoisotopic (exact) mass is 455 g/mol. The Bertz CT molecular complexity index is 1270. The van der Waals surface area contributed by atoms with Gasteiger partial charge in [0.2, 0.25) is 5.78 Å². The summed E-state index contributed by atoms with van der Waals surface area (Å²) < 4.78 is 46.6. The Morgan fingerprint density at radius 2 is 1.62 bits per heavy atom. The van der Waals surface area contributed by atoms with Crippen LogP contribution < -0.4 is 4.72 Å². The largest absolute Gasteiger partial charge is 0.451 e. The van der Waals surface area contributed by atoms with Gasteiger partial charge in [0.1, 0.15) is 5.82 Å². The Balaban J connectivity index is 1.82. The first-order chi connectivity index (χ1) is 15.1. The summed E-state index contributed by atoms with van der Waals surface area (Å²) in [5, 5.41) is 0. The van der Waals surface area contributed by atoms with Gasteiger partial charge in [0.25, 0.3) is 10.0 Å². The van der Waals surface area contributed by atoms with Crippen LogP contribution in [0.15, 0.2) is 71.6 Å². The fraction of sp³-hybridized carbons (Fsp3) is 0.167. The van der Waals surface area contributed by atoms with Gasteiger partial charge in [-0.2, -0.15) is 0 Å². The summed E-state index contributed by atoms with van der Waals surface area (Å²) in [6.07, 6.45) is -1.07. The van der Waals surface area contributed by atoms with Crippen LogP contribution in [-0.4, -0.2) is 26.3 Å². The molecule has 3 aromatic carbocycles. The predicted molar refractivity (Wildman–Crippen MR) is 119 cm³/mol. The normalized spacial score (nSPS) is 12.1. The van der Waals surface area contributed by atoms with Crippen molar-refractivity contribution < 1.29 is 27.1 Å². The van der Waals surface area contributed by atoms with Gasteiger partial charge in [0, 0.05) is 5.56 Å². The van der Waals surface area contributed by atoms with Crippen LogP contribution in [0.2, 0.25) is 0 Å². The SMILES string of the molecule is Cc1ccc(C(=O)[C@H](C)OC(=O)c2ccccc2NS(=O)(=O)c2ccc(F)cc2C)cc1. The number of hydrogen-bond donors (Lipinski definition) is 1. The van der Waals surface area contributed by atoms with E-state index in [1.165, 1.54) is 26.0 Å². The molecule has 166 valence electrons. The van der Waals surface area contributed by atoms with Gasteiger partial charge in [-0.3, -0.25) is 9.52 Å². The van der Waals surface area contributed by atoms with Gasteiger partial charge < -0.3 is 4.74 Å². The zero-order chi connectivity index (χ0) is 23.5. The van der Waals surface area contributed by atoms with Gasteiger partial charge in [0.15, 0.2) is 6.10 Å². The molecule has 1 atom stereocenters. The van der Waals surface area contributed by atoms with E-state index < -0.39 is 27.9 Å². The van der Waals surface area contributed by atoms with Crippen molar-refractivity contribution in [3.8, 4) is 0 Å². The Labute approximate surface area is 186 Å². The number of ketones is 1. The van der Waals surface area contributed by atoms with Crippen molar-refractivity contribution in [1.29, 1.82) is 0 Å². The second kappa shape index (κ2) is 9.32. The van der Waals surface area contributed by atoms with Crippen molar-refractivity contribution in [2.24, 2.45) is 0 Å². The van der Waals surface area contributed by atoms with Crippen molar-refractivity contribution in [2.75, 3.05) is 4.72 Å². The number of para-hydroxylation sites is 1.